The Labute approximate surface area is 113 Å². The Morgan fingerprint density at radius 2 is 1.89 bits per heavy atom. The molecule has 0 saturated heterocycles. The van der Waals surface area contributed by atoms with Gasteiger partial charge in [0.25, 0.3) is 0 Å². The van der Waals surface area contributed by atoms with E-state index < -0.39 is 10.0 Å². The van der Waals surface area contributed by atoms with E-state index in [-0.39, 0.29) is 23.4 Å². The van der Waals surface area contributed by atoms with Crippen LogP contribution in [0.1, 0.15) is 25.5 Å². The summed E-state index contributed by atoms with van der Waals surface area (Å²) in [7, 11) is -3.67. The molecule has 0 spiro atoms. The topological polar surface area (TPSA) is 101 Å². The summed E-state index contributed by atoms with van der Waals surface area (Å²) in [5.41, 5.74) is 6.54. The molecule has 4 N–H and O–H groups in total. The molecule has 6 nitrogen and oxygen atoms in total. The van der Waals surface area contributed by atoms with E-state index in [1.165, 1.54) is 12.1 Å². The van der Waals surface area contributed by atoms with Crippen LogP contribution in [0.25, 0.3) is 0 Å². The lowest BCUT2D eigenvalue weighted by atomic mass is 10.1. The molecule has 0 aliphatic rings. The first-order chi connectivity index (χ1) is 8.86. The number of hydrogen-bond donors (Lipinski definition) is 3. The van der Waals surface area contributed by atoms with Crippen LogP contribution in [0.5, 0.6) is 0 Å². The van der Waals surface area contributed by atoms with Gasteiger partial charge in [-0.3, -0.25) is 4.79 Å². The van der Waals surface area contributed by atoms with E-state index in [4.69, 9.17) is 5.73 Å². The summed E-state index contributed by atoms with van der Waals surface area (Å²) in [6, 6.07) is 6.11. The van der Waals surface area contributed by atoms with E-state index >= 15 is 0 Å². The number of hydrogen-bond acceptors (Lipinski definition) is 4. The fourth-order valence-electron chi connectivity index (χ4n) is 1.45. The minimum Gasteiger partial charge on any atom is -0.355 e. The predicted molar refractivity (Wildman–Crippen MR) is 72.9 cm³/mol. The molecular weight excluding hydrogens is 266 g/mol. The number of rotatable bonds is 6. The minimum absolute atomic E-state index is 0.112. The van der Waals surface area contributed by atoms with Crippen molar-refractivity contribution in [3.63, 3.8) is 0 Å². The molecule has 19 heavy (non-hydrogen) atoms. The lowest BCUT2D eigenvalue weighted by Crippen LogP contribution is -2.36. The maximum Gasteiger partial charge on any atom is 0.241 e. The first-order valence-electron chi connectivity index (χ1n) is 5.98. The zero-order valence-corrected chi connectivity index (χ0v) is 11.8. The van der Waals surface area contributed by atoms with E-state index in [9.17, 15) is 13.2 Å². The number of benzene rings is 1. The lowest BCUT2D eigenvalue weighted by Gasteiger charge is -2.09. The number of nitrogens with two attached hydrogens (primary N) is 1. The Morgan fingerprint density at radius 1 is 1.32 bits per heavy atom. The van der Waals surface area contributed by atoms with Crippen LogP contribution >= 0.6 is 0 Å². The zero-order chi connectivity index (χ0) is 14.5. The highest BCUT2D eigenvalue weighted by molar-refractivity contribution is 7.89. The van der Waals surface area contributed by atoms with Gasteiger partial charge in [0.15, 0.2) is 0 Å². The largest absolute Gasteiger partial charge is 0.355 e. The fraction of sp³-hybridized carbons (Fsp3) is 0.417. The van der Waals surface area contributed by atoms with E-state index in [1.807, 2.05) is 6.92 Å². The molecule has 7 heteroatoms. The van der Waals surface area contributed by atoms with Crippen molar-refractivity contribution in [1.29, 1.82) is 0 Å². The van der Waals surface area contributed by atoms with Crippen LogP contribution in [-0.2, 0) is 14.8 Å². The third kappa shape index (κ3) is 4.62. The van der Waals surface area contributed by atoms with Crippen LogP contribution in [0.2, 0.25) is 0 Å². The molecule has 1 aromatic carbocycles. The number of likely N-dealkylation sites (N-methyl/N-ethyl adjacent to an activating group) is 1. The number of carbonyl (C=O) groups is 1. The first kappa shape index (κ1) is 15.6. The smallest absolute Gasteiger partial charge is 0.241 e. The molecular formula is C12H19N3O3S. The van der Waals surface area contributed by atoms with Crippen molar-refractivity contribution in [3.8, 4) is 0 Å². The molecule has 1 unspecified atom stereocenters. The second kappa shape index (κ2) is 6.65. The molecule has 0 saturated carbocycles. The van der Waals surface area contributed by atoms with Crippen molar-refractivity contribution in [1.82, 2.24) is 10.0 Å². The summed E-state index contributed by atoms with van der Waals surface area (Å²) >= 11 is 0. The fourth-order valence-corrected chi connectivity index (χ4v) is 2.44. The van der Waals surface area contributed by atoms with E-state index in [2.05, 4.69) is 10.0 Å². The predicted octanol–water partition coefficient (Wildman–Crippen LogP) is 0.121. The third-order valence-electron chi connectivity index (χ3n) is 2.51. The van der Waals surface area contributed by atoms with Crippen LogP contribution in [0, 0.1) is 0 Å². The van der Waals surface area contributed by atoms with Crippen LogP contribution in [0.15, 0.2) is 29.2 Å². The van der Waals surface area contributed by atoms with Crippen molar-refractivity contribution in [2.75, 3.05) is 13.1 Å². The summed E-state index contributed by atoms with van der Waals surface area (Å²) in [6.45, 7) is 3.77. The van der Waals surface area contributed by atoms with Crippen molar-refractivity contribution < 1.29 is 13.2 Å². The molecule has 1 atom stereocenters. The number of carbonyl (C=O) groups excluding carboxylic acids is 1. The standard InChI is InChI=1S/C12H19N3O3S/c1-3-14-12(16)8-15-19(17,18)11-6-4-10(5-7-11)9(2)13/h4-7,9,15H,3,8,13H2,1-2H3,(H,14,16). The number of amides is 1. The van der Waals surface area contributed by atoms with Crippen molar-refractivity contribution >= 4 is 15.9 Å². The number of nitrogens with one attached hydrogen (secondary N) is 2. The molecule has 1 aromatic rings. The van der Waals surface area contributed by atoms with Gasteiger partial charge in [0.2, 0.25) is 15.9 Å². The summed E-state index contributed by atoms with van der Waals surface area (Å²) in [5, 5.41) is 2.51. The van der Waals surface area contributed by atoms with E-state index in [1.54, 1.807) is 19.1 Å². The van der Waals surface area contributed by atoms with Gasteiger partial charge in [0, 0.05) is 12.6 Å². The summed E-state index contributed by atoms with van der Waals surface area (Å²) in [5.74, 6) is -0.363. The molecule has 0 aliphatic heterocycles. The molecule has 0 heterocycles. The van der Waals surface area contributed by atoms with Gasteiger partial charge in [-0.15, -0.1) is 0 Å². The van der Waals surface area contributed by atoms with Gasteiger partial charge >= 0.3 is 0 Å². The van der Waals surface area contributed by atoms with Gasteiger partial charge in [0.1, 0.15) is 0 Å². The quantitative estimate of drug-likeness (QED) is 0.691. The highest BCUT2D eigenvalue weighted by Crippen LogP contribution is 2.14. The second-order valence-electron chi connectivity index (χ2n) is 4.14. The number of sulfonamides is 1. The molecule has 0 aliphatic carbocycles. The Morgan fingerprint density at radius 3 is 2.37 bits per heavy atom. The van der Waals surface area contributed by atoms with Gasteiger partial charge < -0.3 is 11.1 Å². The van der Waals surface area contributed by atoms with Crippen molar-refractivity contribution in [2.24, 2.45) is 5.73 Å². The molecule has 0 fully saturated rings. The van der Waals surface area contributed by atoms with Gasteiger partial charge in [-0.1, -0.05) is 12.1 Å². The molecule has 1 rings (SSSR count). The van der Waals surface area contributed by atoms with Crippen molar-refractivity contribution in [2.45, 2.75) is 24.8 Å². The third-order valence-corrected chi connectivity index (χ3v) is 3.93. The second-order valence-corrected chi connectivity index (χ2v) is 5.90. The summed E-state index contributed by atoms with van der Waals surface area (Å²) in [6.07, 6.45) is 0. The van der Waals surface area contributed by atoms with Gasteiger partial charge in [0.05, 0.1) is 11.4 Å². The Bertz CT molecular complexity index is 524. The normalized spacial score (nSPS) is 13.0. The van der Waals surface area contributed by atoms with Gasteiger partial charge in [-0.25, -0.2) is 13.1 Å². The molecule has 0 radical (unpaired) electrons. The highest BCUT2D eigenvalue weighted by atomic mass is 32.2. The average molecular weight is 285 g/mol. The maximum atomic E-state index is 11.9. The summed E-state index contributed by atoms with van der Waals surface area (Å²) < 4.78 is 26.0. The SMILES string of the molecule is CCNC(=O)CNS(=O)(=O)c1ccc(C(C)N)cc1. The first-order valence-corrected chi connectivity index (χ1v) is 7.47. The molecule has 1 amide bonds. The monoisotopic (exact) mass is 285 g/mol. The van der Waals surface area contributed by atoms with E-state index in [0.29, 0.717) is 6.54 Å². The van der Waals surface area contributed by atoms with Crippen LogP contribution in [0.3, 0.4) is 0 Å². The summed E-state index contributed by atoms with van der Waals surface area (Å²) in [4.78, 5) is 11.3. The maximum absolute atomic E-state index is 11.9. The van der Waals surface area contributed by atoms with E-state index in [0.717, 1.165) is 5.56 Å². The van der Waals surface area contributed by atoms with Gasteiger partial charge in [-0.2, -0.15) is 0 Å². The van der Waals surface area contributed by atoms with Crippen LogP contribution in [-0.4, -0.2) is 27.4 Å². The average Bonchev–Trinajstić information content (AvgIpc) is 2.37. The lowest BCUT2D eigenvalue weighted by molar-refractivity contribution is -0.119. The molecule has 0 aromatic heterocycles. The molecule has 0 bridgehead atoms. The Balaban J connectivity index is 2.74. The van der Waals surface area contributed by atoms with Gasteiger partial charge in [-0.05, 0) is 31.5 Å². The van der Waals surface area contributed by atoms with Crippen LogP contribution in [0.4, 0.5) is 0 Å². The Kier molecular flexibility index (Phi) is 5.46. The zero-order valence-electron chi connectivity index (χ0n) is 11.0. The van der Waals surface area contributed by atoms with Crippen LogP contribution < -0.4 is 15.8 Å². The van der Waals surface area contributed by atoms with Crippen molar-refractivity contribution in [3.05, 3.63) is 29.8 Å². The minimum atomic E-state index is -3.67. The molecule has 106 valence electrons. The Hall–Kier alpha value is -1.44. The highest BCUT2D eigenvalue weighted by Gasteiger charge is 2.15.